The van der Waals surface area contributed by atoms with Crippen LogP contribution >= 0.6 is 0 Å². The Kier molecular flexibility index (Phi) is 2.61. The van der Waals surface area contributed by atoms with E-state index in [4.69, 9.17) is 0 Å². The number of aryl methyl sites for hydroxylation is 4. The van der Waals surface area contributed by atoms with Gasteiger partial charge >= 0.3 is 0 Å². The molecule has 0 radical (unpaired) electrons. The first-order valence-electron chi connectivity index (χ1n) is 7.26. The topological polar surface area (TPSA) is 30.7 Å². The first-order chi connectivity index (χ1) is 10.1. The molecule has 3 nitrogen and oxygen atoms in total. The normalized spacial score (nSPS) is 13.9. The Morgan fingerprint density at radius 2 is 2.00 bits per heavy atom. The average Bonchev–Trinajstić information content (AvgIpc) is 3.01. The van der Waals surface area contributed by atoms with Crippen molar-refractivity contribution in [1.29, 1.82) is 0 Å². The second kappa shape index (κ2) is 4.38. The van der Waals surface area contributed by atoms with Gasteiger partial charge in [-0.25, -0.2) is 9.37 Å². The van der Waals surface area contributed by atoms with E-state index in [9.17, 15) is 4.39 Å². The molecule has 0 fully saturated rings. The molecule has 0 saturated heterocycles. The number of benzene rings is 1. The van der Waals surface area contributed by atoms with Crippen LogP contribution in [0.2, 0.25) is 0 Å². The monoisotopic (exact) mass is 281 g/mol. The molecule has 4 heteroatoms. The predicted octanol–water partition coefficient (Wildman–Crippen LogP) is 3.80. The summed E-state index contributed by atoms with van der Waals surface area (Å²) in [5.74, 6) is 0.843. The first-order valence-corrected chi connectivity index (χ1v) is 7.26. The van der Waals surface area contributed by atoms with Crippen molar-refractivity contribution in [2.45, 2.75) is 33.2 Å². The van der Waals surface area contributed by atoms with Crippen LogP contribution in [0.3, 0.4) is 0 Å². The van der Waals surface area contributed by atoms with Gasteiger partial charge in [0.25, 0.3) is 0 Å². The lowest BCUT2D eigenvalue weighted by atomic mass is 10.0. The van der Waals surface area contributed by atoms with E-state index in [2.05, 4.69) is 14.5 Å². The van der Waals surface area contributed by atoms with Gasteiger partial charge in [0.1, 0.15) is 11.6 Å². The van der Waals surface area contributed by atoms with Crippen LogP contribution < -0.4 is 0 Å². The Hall–Kier alpha value is -2.23. The Morgan fingerprint density at radius 1 is 1.14 bits per heavy atom. The molecular formula is C17H16FN3. The molecule has 0 atom stereocenters. The molecule has 0 amide bonds. The minimum Gasteiger partial charge on any atom is -0.328 e. The zero-order chi connectivity index (χ0) is 14.6. The number of hydrogen-bond acceptors (Lipinski definition) is 2. The van der Waals surface area contributed by atoms with E-state index in [0.29, 0.717) is 5.56 Å². The largest absolute Gasteiger partial charge is 0.328 e. The maximum atomic E-state index is 14.5. The van der Waals surface area contributed by atoms with E-state index in [0.717, 1.165) is 53.1 Å². The molecule has 0 aliphatic carbocycles. The van der Waals surface area contributed by atoms with Crippen LogP contribution in [-0.4, -0.2) is 14.5 Å². The first kappa shape index (κ1) is 12.5. The van der Waals surface area contributed by atoms with Crippen LogP contribution in [0.15, 0.2) is 24.4 Å². The Morgan fingerprint density at radius 3 is 2.86 bits per heavy atom. The number of aromatic nitrogens is 3. The van der Waals surface area contributed by atoms with Crippen molar-refractivity contribution in [3.05, 3.63) is 47.3 Å². The molecule has 3 aromatic rings. The maximum absolute atomic E-state index is 14.5. The van der Waals surface area contributed by atoms with Gasteiger partial charge in [0.2, 0.25) is 0 Å². The Bertz CT molecular complexity index is 864. The van der Waals surface area contributed by atoms with Gasteiger partial charge in [0.05, 0.1) is 11.0 Å². The quantitative estimate of drug-likeness (QED) is 0.679. The van der Waals surface area contributed by atoms with Gasteiger partial charge < -0.3 is 4.57 Å². The Balaban J connectivity index is 2.00. The third-order valence-corrected chi connectivity index (χ3v) is 4.21. The predicted molar refractivity (Wildman–Crippen MR) is 80.7 cm³/mol. The summed E-state index contributed by atoms with van der Waals surface area (Å²) in [7, 11) is 0. The van der Waals surface area contributed by atoms with Crippen molar-refractivity contribution in [2.24, 2.45) is 0 Å². The van der Waals surface area contributed by atoms with Gasteiger partial charge in [0, 0.05) is 42.0 Å². The highest BCUT2D eigenvalue weighted by Crippen LogP contribution is 2.31. The Labute approximate surface area is 122 Å². The molecule has 2 aromatic heterocycles. The molecule has 21 heavy (non-hydrogen) atoms. The van der Waals surface area contributed by atoms with Crippen LogP contribution in [0, 0.1) is 19.7 Å². The minimum absolute atomic E-state index is 0.227. The van der Waals surface area contributed by atoms with Crippen LogP contribution in [0.4, 0.5) is 4.39 Å². The molecule has 1 aromatic carbocycles. The van der Waals surface area contributed by atoms with Crippen LogP contribution in [0.25, 0.3) is 22.2 Å². The number of nitrogens with zero attached hydrogens (tertiary/aromatic N) is 3. The molecule has 0 unspecified atom stereocenters. The minimum atomic E-state index is -0.227. The molecule has 0 N–H and O–H groups in total. The van der Waals surface area contributed by atoms with Crippen molar-refractivity contribution >= 4 is 11.0 Å². The summed E-state index contributed by atoms with van der Waals surface area (Å²) in [5, 5.41) is 0. The third-order valence-electron chi connectivity index (χ3n) is 4.21. The van der Waals surface area contributed by atoms with Crippen molar-refractivity contribution in [2.75, 3.05) is 0 Å². The summed E-state index contributed by atoms with van der Waals surface area (Å²) in [6, 6.07) is 5.47. The van der Waals surface area contributed by atoms with Gasteiger partial charge in [0.15, 0.2) is 0 Å². The van der Waals surface area contributed by atoms with Gasteiger partial charge in [-0.3, -0.25) is 4.98 Å². The molecule has 1 aliphatic heterocycles. The van der Waals surface area contributed by atoms with Gasteiger partial charge in [-0.1, -0.05) is 0 Å². The summed E-state index contributed by atoms with van der Waals surface area (Å²) in [6.45, 7) is 4.87. The summed E-state index contributed by atoms with van der Waals surface area (Å²) in [4.78, 5) is 8.88. The highest BCUT2D eigenvalue weighted by Gasteiger charge is 2.19. The number of pyridine rings is 1. The lowest BCUT2D eigenvalue weighted by Crippen LogP contribution is -1.95. The number of rotatable bonds is 1. The molecule has 1 aliphatic rings. The fraction of sp³-hybridized carbons (Fsp3) is 0.294. The summed E-state index contributed by atoms with van der Waals surface area (Å²) in [5.41, 5.74) is 5.14. The fourth-order valence-corrected chi connectivity index (χ4v) is 3.15. The number of halogens is 1. The fourth-order valence-electron chi connectivity index (χ4n) is 3.15. The zero-order valence-electron chi connectivity index (χ0n) is 12.2. The molecule has 0 saturated carbocycles. The van der Waals surface area contributed by atoms with E-state index in [1.54, 1.807) is 6.07 Å². The van der Waals surface area contributed by atoms with Crippen LogP contribution in [-0.2, 0) is 13.0 Å². The molecule has 3 heterocycles. The lowest BCUT2D eigenvalue weighted by Gasteiger charge is -2.09. The van der Waals surface area contributed by atoms with Crippen molar-refractivity contribution in [3.8, 4) is 11.1 Å². The lowest BCUT2D eigenvalue weighted by molar-refractivity contribution is 0.632. The number of hydrogen-bond donors (Lipinski definition) is 0. The number of fused-ring (bicyclic) bond motifs is 3. The van der Waals surface area contributed by atoms with Crippen molar-refractivity contribution in [3.63, 3.8) is 0 Å². The molecule has 4 rings (SSSR count). The molecule has 0 bridgehead atoms. The summed E-state index contributed by atoms with van der Waals surface area (Å²) >= 11 is 0. The van der Waals surface area contributed by atoms with Gasteiger partial charge in [-0.05, 0) is 38.0 Å². The smallest absolute Gasteiger partial charge is 0.133 e. The van der Waals surface area contributed by atoms with E-state index in [1.165, 1.54) is 0 Å². The zero-order valence-corrected chi connectivity index (χ0v) is 12.2. The van der Waals surface area contributed by atoms with E-state index in [-0.39, 0.29) is 5.82 Å². The summed E-state index contributed by atoms with van der Waals surface area (Å²) < 4.78 is 16.7. The highest BCUT2D eigenvalue weighted by atomic mass is 19.1. The molecule has 0 spiro atoms. The average molecular weight is 281 g/mol. The summed E-state index contributed by atoms with van der Waals surface area (Å²) in [6.07, 6.45) is 3.92. The molecular weight excluding hydrogens is 265 g/mol. The van der Waals surface area contributed by atoms with Crippen molar-refractivity contribution < 1.29 is 4.39 Å². The second-order valence-corrected chi connectivity index (χ2v) is 5.75. The van der Waals surface area contributed by atoms with E-state index >= 15 is 0 Å². The SMILES string of the molecule is Cc1cnc(C)c(-c2cc3c(cc2F)nc2n3CCC2)c1. The van der Waals surface area contributed by atoms with Crippen molar-refractivity contribution in [1.82, 2.24) is 14.5 Å². The highest BCUT2D eigenvalue weighted by molar-refractivity contribution is 5.84. The molecule has 106 valence electrons. The standard InChI is InChI=1S/C17H16FN3/c1-10-6-12(11(2)19-9-10)13-7-16-15(8-14(13)18)20-17-4-3-5-21(16)17/h6-9H,3-5H2,1-2H3. The maximum Gasteiger partial charge on any atom is 0.133 e. The third kappa shape index (κ3) is 1.86. The van der Waals surface area contributed by atoms with E-state index < -0.39 is 0 Å². The van der Waals surface area contributed by atoms with Crippen LogP contribution in [0.5, 0.6) is 0 Å². The number of imidazole rings is 1. The van der Waals surface area contributed by atoms with Crippen LogP contribution in [0.1, 0.15) is 23.5 Å². The van der Waals surface area contributed by atoms with Gasteiger partial charge in [-0.15, -0.1) is 0 Å². The van der Waals surface area contributed by atoms with Gasteiger partial charge in [-0.2, -0.15) is 0 Å². The second-order valence-electron chi connectivity index (χ2n) is 5.75. The van der Waals surface area contributed by atoms with E-state index in [1.807, 2.05) is 32.2 Å².